The van der Waals surface area contributed by atoms with Gasteiger partial charge >= 0.3 is 47.5 Å². The number of nitrogens with two attached hydrogens (primary N) is 2. The number of carbonyl (C=O) groups excluding carboxylic acids is 6. The summed E-state index contributed by atoms with van der Waals surface area (Å²) in [7, 11) is 14.8. The normalized spacial score (nSPS) is 9.73. The molecule has 0 aliphatic carbocycles. The fraction of sp³-hybridized carbons (Fsp3) is 0.179. The lowest BCUT2D eigenvalue weighted by Crippen LogP contribution is -2.07. The molecule has 0 radical (unpaired) electrons. The number of hydrogen-bond donors (Lipinski definition) is 4. The molecule has 0 amide bonds. The van der Waals surface area contributed by atoms with Crippen LogP contribution in [-0.2, 0) is 35.0 Å². The van der Waals surface area contributed by atoms with Crippen LogP contribution < -0.4 is 39.9 Å². The highest BCUT2D eigenvalue weighted by atomic mass is 79.9. The summed E-state index contributed by atoms with van der Waals surface area (Å²) in [6.45, 7) is 0.373. The average molecular weight is 1820 g/mol. The second kappa shape index (κ2) is 45.2. The summed E-state index contributed by atoms with van der Waals surface area (Å²) < 4.78 is 60.9. The molecule has 26 nitrogen and oxygen atoms in total. The Hall–Kier alpha value is -8.79. The fourth-order valence-corrected chi connectivity index (χ4v) is 10.7. The van der Waals surface area contributed by atoms with Crippen molar-refractivity contribution >= 4 is 185 Å². The van der Waals surface area contributed by atoms with Crippen molar-refractivity contribution in [1.29, 1.82) is 0 Å². The number of carboxylic acids is 1. The van der Waals surface area contributed by atoms with E-state index in [1.54, 1.807) is 60.7 Å². The Morgan fingerprint density at radius 1 is 0.392 bits per heavy atom. The number of benzene rings is 8. The third-order valence-electron chi connectivity index (χ3n) is 12.4. The Kier molecular flexibility index (Phi) is 39.6. The molecular formula is C67H62Br5Cl4N3O23. The molecule has 546 valence electrons. The highest BCUT2D eigenvalue weighted by Crippen LogP contribution is 2.37. The maximum atomic E-state index is 11.6. The van der Waals surface area contributed by atoms with Crippen molar-refractivity contribution in [3.63, 3.8) is 0 Å². The molecule has 6 N–H and O–H groups in total. The molecule has 0 aliphatic heterocycles. The Balaban J connectivity index is 0.000000407. The quantitative estimate of drug-likeness (QED) is 0.0229. The first-order valence-electron chi connectivity index (χ1n) is 27.7. The predicted octanol–water partition coefficient (Wildman–Crippen LogP) is 17.1. The van der Waals surface area contributed by atoms with Crippen LogP contribution in [0.2, 0.25) is 20.1 Å². The number of anilines is 2. The number of para-hydroxylation sites is 2. The van der Waals surface area contributed by atoms with E-state index in [4.69, 9.17) is 96.1 Å². The monoisotopic (exact) mass is 1810 g/mol. The minimum atomic E-state index is -1.08. The van der Waals surface area contributed by atoms with Crippen molar-refractivity contribution in [3.05, 3.63) is 224 Å². The summed E-state index contributed by atoms with van der Waals surface area (Å²) in [5.74, 6) is -2.36. The molecule has 0 fully saturated rings. The van der Waals surface area contributed by atoms with E-state index >= 15 is 0 Å². The maximum absolute atomic E-state index is 11.6. The Labute approximate surface area is 646 Å². The standard InChI is InChI=1S/C15H12BrClO3.C9H8BrClO3.C9H10BrNO3.C9H9NO5.C9H11NO3.2C8H6BrClO3/c1-19-15(18)12-7-11(16)8-13(14(12)17)20-9-10-5-3-2-4-6-10;2*1-13-7-4-5(10)3-6(8(7)11)9(12)14-2;1-14-7-5-3-4-6(9(11)15-2)8(7)10(12)13;1-12-7-5-3-4-6(8(7)10)9(11)13-2;1-13-6-3-4(9)2-5(7(6)10)8(11)12;1-13-8(12)5-2-4(9)3-6(11)7(5)10/h2-8H,9H2,1H3;3-4H,1-2H3;3-4H,11H2,1-2H3;3-5H,1-2H3;3-5H,10H2,1-2H3;2-3H,1H3,(H,11,12);2-3,11H,1H3. The summed E-state index contributed by atoms with van der Waals surface area (Å²) in [6, 6.07) is 34.6. The van der Waals surface area contributed by atoms with Crippen molar-refractivity contribution in [2.45, 2.75) is 6.61 Å². The van der Waals surface area contributed by atoms with Crippen LogP contribution in [0.25, 0.3) is 0 Å². The summed E-state index contributed by atoms with van der Waals surface area (Å²) in [6.07, 6.45) is 0. The SMILES string of the molecule is COC(=O)c1cc(Br)cc(O)c1Cl.COC(=O)c1cc(Br)cc(OC)c1Cl.COC(=O)c1cc(Br)cc(OC)c1N.COC(=O)c1cc(Br)cc(OCc2ccccc2)c1Cl.COC(=O)c1cccc(OC)c1N.COC(=O)c1cccc(OC)c1[N+](=O)[O-].COc1cc(Br)cc(C(=O)O)c1Cl. The topological polar surface area (TPSA) is 366 Å². The molecule has 102 heavy (non-hydrogen) atoms. The third-order valence-corrected chi connectivity index (χ3v) is 16.2. The van der Waals surface area contributed by atoms with Gasteiger partial charge in [-0.15, -0.1) is 0 Å². The van der Waals surface area contributed by atoms with Crippen molar-refractivity contribution in [3.8, 4) is 40.2 Å². The number of phenols is 1. The number of carboxylic acid groups (broad SMARTS) is 1. The van der Waals surface area contributed by atoms with Crippen LogP contribution in [0, 0.1) is 10.1 Å². The van der Waals surface area contributed by atoms with Gasteiger partial charge in [-0.2, -0.15) is 0 Å². The van der Waals surface area contributed by atoms with Crippen molar-refractivity contribution in [2.75, 3.05) is 89.7 Å². The zero-order valence-corrected chi connectivity index (χ0v) is 66.3. The minimum Gasteiger partial charge on any atom is -0.506 e. The van der Waals surface area contributed by atoms with E-state index < -0.39 is 46.7 Å². The number of rotatable bonds is 16. The average Bonchev–Trinajstić information content (AvgIpc) is 0.849. The number of esters is 6. The highest BCUT2D eigenvalue weighted by molar-refractivity contribution is 9.11. The molecule has 8 rings (SSSR count). The third kappa shape index (κ3) is 26.9. The van der Waals surface area contributed by atoms with Gasteiger partial charge < -0.3 is 78.5 Å². The first-order chi connectivity index (χ1) is 48.2. The lowest BCUT2D eigenvalue weighted by molar-refractivity contribution is -0.386. The van der Waals surface area contributed by atoms with Crippen molar-refractivity contribution in [1.82, 2.24) is 0 Å². The van der Waals surface area contributed by atoms with E-state index in [0.717, 1.165) is 12.7 Å². The van der Waals surface area contributed by atoms with Crippen LogP contribution in [0.5, 0.6) is 40.2 Å². The zero-order chi connectivity index (χ0) is 77.2. The molecule has 0 saturated carbocycles. The van der Waals surface area contributed by atoms with E-state index in [1.165, 1.54) is 107 Å². The molecule has 0 heterocycles. The van der Waals surface area contributed by atoms with Gasteiger partial charge in [0.15, 0.2) is 5.75 Å². The molecule has 8 aromatic carbocycles. The van der Waals surface area contributed by atoms with Gasteiger partial charge in [-0.05, 0) is 90.5 Å². The van der Waals surface area contributed by atoms with Crippen LogP contribution in [0.1, 0.15) is 78.1 Å². The van der Waals surface area contributed by atoms with E-state index in [2.05, 4.69) is 103 Å². The number of aromatic carboxylic acids is 1. The number of phenolic OH excluding ortho intramolecular Hbond substituents is 1. The van der Waals surface area contributed by atoms with Gasteiger partial charge in [0.25, 0.3) is 0 Å². The molecule has 0 atom stereocenters. The summed E-state index contributed by atoms with van der Waals surface area (Å²) >= 11 is 39.6. The number of nitrogen functional groups attached to an aromatic ring is 2. The summed E-state index contributed by atoms with van der Waals surface area (Å²) in [5, 5.41) is 29.3. The van der Waals surface area contributed by atoms with Crippen LogP contribution in [0.3, 0.4) is 0 Å². The van der Waals surface area contributed by atoms with Crippen LogP contribution in [0.15, 0.2) is 150 Å². The smallest absolute Gasteiger partial charge is 0.345 e. The lowest BCUT2D eigenvalue weighted by atomic mass is 10.1. The predicted molar refractivity (Wildman–Crippen MR) is 399 cm³/mol. The van der Waals surface area contributed by atoms with Crippen molar-refractivity contribution in [2.24, 2.45) is 0 Å². The van der Waals surface area contributed by atoms with Crippen LogP contribution >= 0.6 is 126 Å². The minimum absolute atomic E-state index is 0.00458. The first kappa shape index (κ1) is 89.3. The van der Waals surface area contributed by atoms with Crippen LogP contribution in [0.4, 0.5) is 17.1 Å². The number of hydrogen-bond acceptors (Lipinski definition) is 24. The van der Waals surface area contributed by atoms with E-state index in [0.29, 0.717) is 74.5 Å². The first-order valence-corrected chi connectivity index (χ1v) is 33.2. The number of nitro benzene ring substituents is 1. The van der Waals surface area contributed by atoms with Crippen LogP contribution in [-0.4, -0.2) is 135 Å². The maximum Gasteiger partial charge on any atom is 0.345 e. The number of nitrogens with zero attached hydrogens (tertiary/aromatic N) is 1. The van der Waals surface area contributed by atoms with E-state index in [-0.39, 0.29) is 70.8 Å². The Morgan fingerprint density at radius 2 is 0.716 bits per heavy atom. The molecule has 0 saturated heterocycles. The van der Waals surface area contributed by atoms with Crippen molar-refractivity contribution < 1.29 is 106 Å². The van der Waals surface area contributed by atoms with Gasteiger partial charge in [0.05, 0.1) is 148 Å². The molecule has 0 bridgehead atoms. The molecule has 0 aromatic heterocycles. The second-order valence-corrected chi connectivity index (χ2v) is 24.7. The number of methoxy groups -OCH3 is 11. The van der Waals surface area contributed by atoms with E-state index in [1.807, 2.05) is 30.3 Å². The largest absolute Gasteiger partial charge is 0.506 e. The second-order valence-electron chi connectivity index (χ2n) is 18.6. The molecule has 0 unspecified atom stereocenters. The van der Waals surface area contributed by atoms with Gasteiger partial charge in [0.2, 0.25) is 0 Å². The van der Waals surface area contributed by atoms with Gasteiger partial charge in [0.1, 0.15) is 46.7 Å². The zero-order valence-electron chi connectivity index (χ0n) is 55.3. The number of ether oxygens (including phenoxy) is 12. The molecule has 8 aromatic rings. The number of halogens is 9. The molecule has 0 aliphatic rings. The lowest BCUT2D eigenvalue weighted by Gasteiger charge is -2.11. The number of nitro groups is 1. The van der Waals surface area contributed by atoms with Gasteiger partial charge in [-0.25, -0.2) is 33.6 Å². The summed E-state index contributed by atoms with van der Waals surface area (Å²) in [4.78, 5) is 88.4. The fourth-order valence-electron chi connectivity index (χ4n) is 7.54. The Bertz CT molecular complexity index is 4200. The van der Waals surface area contributed by atoms with Gasteiger partial charge in [-0.3, -0.25) is 10.1 Å². The van der Waals surface area contributed by atoms with Gasteiger partial charge in [-0.1, -0.05) is 169 Å². The molecule has 0 spiro atoms. The van der Waals surface area contributed by atoms with E-state index in [9.17, 15) is 48.8 Å². The van der Waals surface area contributed by atoms with Gasteiger partial charge in [0, 0.05) is 22.4 Å². The highest BCUT2D eigenvalue weighted by Gasteiger charge is 2.26. The molecule has 35 heteroatoms. The number of aromatic hydroxyl groups is 1. The molecular weight excluding hydrogens is 1760 g/mol. The Morgan fingerprint density at radius 3 is 1.14 bits per heavy atom. The summed E-state index contributed by atoms with van der Waals surface area (Å²) in [5.41, 5.74) is 13.7. The number of carbonyl (C=O) groups is 7.